The van der Waals surface area contributed by atoms with Gasteiger partial charge in [-0.05, 0) is 31.2 Å². The number of ether oxygens (including phenoxy) is 1. The number of aromatic nitrogens is 1. The Bertz CT molecular complexity index is 691. The Morgan fingerprint density at radius 3 is 2.62 bits per heavy atom. The molecule has 0 aliphatic carbocycles. The third-order valence-electron chi connectivity index (χ3n) is 4.05. The highest BCUT2D eigenvalue weighted by Gasteiger charge is 2.41. The maximum atomic E-state index is 13.0. The molecule has 4 heteroatoms. The highest BCUT2D eigenvalue weighted by Crippen LogP contribution is 2.35. The molecule has 4 nitrogen and oxygen atoms in total. The number of rotatable bonds is 3. The van der Waals surface area contributed by atoms with Crippen molar-refractivity contribution >= 4 is 5.91 Å². The normalized spacial score (nSPS) is 21.0. The van der Waals surface area contributed by atoms with Gasteiger partial charge in [-0.15, -0.1) is 6.58 Å². The molecule has 1 aliphatic rings. The molecule has 1 aliphatic heterocycles. The van der Waals surface area contributed by atoms with Crippen LogP contribution in [0, 0.1) is 0 Å². The van der Waals surface area contributed by atoms with Crippen LogP contribution in [0.25, 0.3) is 0 Å². The summed E-state index contributed by atoms with van der Waals surface area (Å²) < 4.78 is 7.22. The number of amides is 1. The molecule has 3 rings (SSSR count). The average molecular weight is 282 g/mol. The molecule has 2 heterocycles. The number of nitrogens with zero attached hydrogens (tertiary/aromatic N) is 2. The van der Waals surface area contributed by atoms with Crippen molar-refractivity contribution in [2.45, 2.75) is 18.9 Å². The summed E-state index contributed by atoms with van der Waals surface area (Å²) in [5, 5.41) is 1.74. The summed E-state index contributed by atoms with van der Waals surface area (Å²) in [6.45, 7) is 5.94. The smallest absolute Gasteiger partial charge is 0.273 e. The van der Waals surface area contributed by atoms with Gasteiger partial charge in [0.05, 0.1) is 12.6 Å². The number of benzene rings is 1. The molecular formula is C17H18N2O2. The molecule has 1 unspecified atom stereocenters. The number of hydrogen-bond donors (Lipinski definition) is 0. The lowest BCUT2D eigenvalue weighted by atomic mass is 9.84. The fourth-order valence-electron chi connectivity index (χ4n) is 2.90. The largest absolute Gasteiger partial charge is 0.496 e. The number of hydrogen-bond acceptors (Lipinski definition) is 2. The van der Waals surface area contributed by atoms with Crippen molar-refractivity contribution in [2.24, 2.45) is 0 Å². The predicted molar refractivity (Wildman–Crippen MR) is 82.3 cm³/mol. The maximum absolute atomic E-state index is 13.0. The first kappa shape index (κ1) is 13.5. The lowest BCUT2D eigenvalue weighted by Crippen LogP contribution is -2.59. The summed E-state index contributed by atoms with van der Waals surface area (Å²) in [4.78, 5) is 13.0. The third-order valence-corrected chi connectivity index (χ3v) is 4.05. The highest BCUT2D eigenvalue weighted by molar-refractivity contribution is 6.05. The maximum Gasteiger partial charge on any atom is 0.273 e. The monoisotopic (exact) mass is 282 g/mol. The van der Waals surface area contributed by atoms with Crippen molar-refractivity contribution in [3.8, 4) is 5.75 Å². The molecule has 108 valence electrons. The SMILES string of the molecule is C=CC1(C)Cc2c(OC)cccc2C(=O)N1n1cccc1. The number of carbonyl (C=O) groups is 1. The minimum absolute atomic E-state index is 0.0475. The number of carbonyl (C=O) groups excluding carboxylic acids is 1. The summed E-state index contributed by atoms with van der Waals surface area (Å²) in [7, 11) is 1.63. The van der Waals surface area contributed by atoms with Crippen LogP contribution in [0.1, 0.15) is 22.8 Å². The molecule has 0 N–H and O–H groups in total. The standard InChI is InChI=1S/C17H18N2O2/c1-4-17(2)12-14-13(8-7-9-15(14)21-3)16(20)19(17)18-10-5-6-11-18/h4-11H,1,12H2,2-3H3. The molecule has 1 amide bonds. The predicted octanol–water partition coefficient (Wildman–Crippen LogP) is 2.78. The summed E-state index contributed by atoms with van der Waals surface area (Å²) in [5.74, 6) is 0.704. The molecule has 0 radical (unpaired) electrons. The zero-order valence-electron chi connectivity index (χ0n) is 12.2. The van der Waals surface area contributed by atoms with Crippen molar-refractivity contribution in [2.75, 3.05) is 12.1 Å². The van der Waals surface area contributed by atoms with E-state index in [4.69, 9.17) is 4.74 Å². The lowest BCUT2D eigenvalue weighted by Gasteiger charge is -2.43. The highest BCUT2D eigenvalue weighted by atomic mass is 16.5. The van der Waals surface area contributed by atoms with E-state index in [2.05, 4.69) is 6.58 Å². The third kappa shape index (κ3) is 1.95. The van der Waals surface area contributed by atoms with Crippen LogP contribution in [0.4, 0.5) is 0 Å². The van der Waals surface area contributed by atoms with Gasteiger partial charge in [0.25, 0.3) is 5.91 Å². The first-order valence-corrected chi connectivity index (χ1v) is 6.88. The van der Waals surface area contributed by atoms with Gasteiger partial charge < -0.3 is 4.74 Å². The van der Waals surface area contributed by atoms with E-state index in [1.165, 1.54) is 0 Å². The Kier molecular flexibility index (Phi) is 3.09. The van der Waals surface area contributed by atoms with Crippen molar-refractivity contribution in [1.29, 1.82) is 0 Å². The van der Waals surface area contributed by atoms with Crippen LogP contribution in [0.15, 0.2) is 55.4 Å². The Hall–Kier alpha value is -2.49. The van der Waals surface area contributed by atoms with E-state index in [0.717, 1.165) is 11.3 Å². The van der Waals surface area contributed by atoms with Gasteiger partial charge in [0, 0.05) is 29.9 Å². The summed E-state index contributed by atoms with van der Waals surface area (Å²) in [5.41, 5.74) is 1.12. The second-order valence-corrected chi connectivity index (χ2v) is 5.40. The summed E-state index contributed by atoms with van der Waals surface area (Å²) in [6.07, 6.45) is 6.22. The molecule has 0 spiro atoms. The second kappa shape index (κ2) is 4.81. The van der Waals surface area contributed by atoms with Crippen LogP contribution < -0.4 is 9.75 Å². The van der Waals surface area contributed by atoms with E-state index in [-0.39, 0.29) is 5.91 Å². The Morgan fingerprint density at radius 2 is 2.00 bits per heavy atom. The fraction of sp³-hybridized carbons (Fsp3) is 0.235. The van der Waals surface area contributed by atoms with E-state index in [1.54, 1.807) is 12.1 Å². The molecule has 2 aromatic rings. The van der Waals surface area contributed by atoms with Gasteiger partial charge in [-0.2, -0.15) is 0 Å². The van der Waals surface area contributed by atoms with E-state index >= 15 is 0 Å². The van der Waals surface area contributed by atoms with Crippen LogP contribution in [-0.4, -0.2) is 23.2 Å². The molecule has 0 saturated heterocycles. The van der Waals surface area contributed by atoms with Crippen LogP contribution >= 0.6 is 0 Å². The molecular weight excluding hydrogens is 264 g/mol. The minimum Gasteiger partial charge on any atom is -0.496 e. The average Bonchev–Trinajstić information content (AvgIpc) is 3.00. The van der Waals surface area contributed by atoms with Gasteiger partial charge in [0.1, 0.15) is 5.75 Å². The van der Waals surface area contributed by atoms with E-state index in [1.807, 2.05) is 60.4 Å². The van der Waals surface area contributed by atoms with Gasteiger partial charge in [-0.1, -0.05) is 12.1 Å². The molecule has 1 aromatic carbocycles. The van der Waals surface area contributed by atoms with Crippen molar-refractivity contribution in [3.63, 3.8) is 0 Å². The fourth-order valence-corrected chi connectivity index (χ4v) is 2.90. The Morgan fingerprint density at radius 1 is 1.29 bits per heavy atom. The molecule has 0 saturated carbocycles. The minimum atomic E-state index is -0.502. The van der Waals surface area contributed by atoms with Gasteiger partial charge in [-0.25, -0.2) is 5.01 Å². The molecule has 0 fully saturated rings. The van der Waals surface area contributed by atoms with Crippen molar-refractivity contribution in [1.82, 2.24) is 4.68 Å². The zero-order valence-corrected chi connectivity index (χ0v) is 12.2. The van der Waals surface area contributed by atoms with Crippen LogP contribution in [0.5, 0.6) is 5.75 Å². The van der Waals surface area contributed by atoms with Gasteiger partial charge in [0.2, 0.25) is 0 Å². The van der Waals surface area contributed by atoms with E-state index in [0.29, 0.717) is 12.0 Å². The number of methoxy groups -OCH3 is 1. The molecule has 1 aromatic heterocycles. The van der Waals surface area contributed by atoms with Gasteiger partial charge in [-0.3, -0.25) is 9.47 Å². The Balaban J connectivity index is 2.20. The first-order chi connectivity index (χ1) is 10.1. The van der Waals surface area contributed by atoms with Crippen LogP contribution in [0.2, 0.25) is 0 Å². The molecule has 1 atom stereocenters. The first-order valence-electron chi connectivity index (χ1n) is 6.88. The topological polar surface area (TPSA) is 34.5 Å². The van der Waals surface area contributed by atoms with E-state index < -0.39 is 5.54 Å². The van der Waals surface area contributed by atoms with Crippen molar-refractivity contribution in [3.05, 3.63) is 66.5 Å². The number of fused-ring (bicyclic) bond motifs is 1. The van der Waals surface area contributed by atoms with E-state index in [9.17, 15) is 4.79 Å². The van der Waals surface area contributed by atoms with Crippen molar-refractivity contribution < 1.29 is 9.53 Å². The zero-order chi connectivity index (χ0) is 15.0. The Labute approximate surface area is 124 Å². The second-order valence-electron chi connectivity index (χ2n) is 5.40. The quantitative estimate of drug-likeness (QED) is 0.811. The lowest BCUT2D eigenvalue weighted by molar-refractivity contribution is 0.0914. The summed E-state index contributed by atoms with van der Waals surface area (Å²) >= 11 is 0. The summed E-state index contributed by atoms with van der Waals surface area (Å²) in [6, 6.07) is 9.38. The molecule has 21 heavy (non-hydrogen) atoms. The van der Waals surface area contributed by atoms with Crippen LogP contribution in [-0.2, 0) is 6.42 Å². The van der Waals surface area contributed by atoms with Gasteiger partial charge in [0.15, 0.2) is 0 Å². The molecule has 0 bridgehead atoms. The van der Waals surface area contributed by atoms with Gasteiger partial charge >= 0.3 is 0 Å². The van der Waals surface area contributed by atoms with Crippen LogP contribution in [0.3, 0.4) is 0 Å².